The summed E-state index contributed by atoms with van der Waals surface area (Å²) in [7, 11) is 0. The lowest BCUT2D eigenvalue weighted by molar-refractivity contribution is -0.0583. The fraction of sp³-hybridized carbons (Fsp3) is 0.857. The molecule has 1 aliphatic rings. The third-order valence-electron chi connectivity index (χ3n) is 4.02. The maximum atomic E-state index is 5.90. The Balaban J connectivity index is 2.08. The number of nitrogens with one attached hydrogen (secondary N) is 1. The van der Waals surface area contributed by atoms with Crippen LogP contribution in [0.3, 0.4) is 0 Å². The molecule has 1 atom stereocenters. The van der Waals surface area contributed by atoms with E-state index in [0.29, 0.717) is 18.5 Å². The molecule has 0 amide bonds. The second-order valence-corrected chi connectivity index (χ2v) is 5.14. The summed E-state index contributed by atoms with van der Waals surface area (Å²) in [5.74, 6) is 1.42. The van der Waals surface area contributed by atoms with E-state index in [1.165, 1.54) is 12.8 Å². The van der Waals surface area contributed by atoms with E-state index in [1.807, 2.05) is 6.92 Å². The van der Waals surface area contributed by atoms with Crippen LogP contribution in [-0.4, -0.2) is 29.3 Å². The predicted octanol–water partition coefficient (Wildman–Crippen LogP) is 2.42. The summed E-state index contributed by atoms with van der Waals surface area (Å²) in [5, 5.41) is 7.60. The van der Waals surface area contributed by atoms with E-state index in [1.54, 1.807) is 0 Å². The minimum atomic E-state index is -0.389. The molecule has 5 nitrogen and oxygen atoms in total. The second-order valence-electron chi connectivity index (χ2n) is 5.14. The van der Waals surface area contributed by atoms with Gasteiger partial charge < -0.3 is 14.6 Å². The summed E-state index contributed by atoms with van der Waals surface area (Å²) in [6, 6.07) is 0.484. The van der Waals surface area contributed by atoms with E-state index in [4.69, 9.17) is 9.26 Å². The zero-order valence-corrected chi connectivity index (χ0v) is 12.2. The Hall–Kier alpha value is -0.940. The van der Waals surface area contributed by atoms with Gasteiger partial charge in [0.25, 0.3) is 0 Å². The molecule has 0 saturated carbocycles. The first-order valence-electron chi connectivity index (χ1n) is 7.44. The minimum Gasteiger partial charge on any atom is -0.367 e. The van der Waals surface area contributed by atoms with Gasteiger partial charge in [-0.25, -0.2) is 0 Å². The van der Waals surface area contributed by atoms with Crippen LogP contribution in [0.25, 0.3) is 0 Å². The monoisotopic (exact) mass is 267 g/mol. The Labute approximate surface area is 115 Å². The molecule has 1 aromatic heterocycles. The van der Waals surface area contributed by atoms with Crippen molar-refractivity contribution in [3.05, 3.63) is 11.7 Å². The molecule has 0 bridgehead atoms. The largest absolute Gasteiger partial charge is 0.367 e. The zero-order valence-electron chi connectivity index (χ0n) is 12.2. The highest BCUT2D eigenvalue weighted by molar-refractivity contribution is 5.02. The Morgan fingerprint density at radius 1 is 1.37 bits per heavy atom. The summed E-state index contributed by atoms with van der Waals surface area (Å²) >= 11 is 0. The van der Waals surface area contributed by atoms with Gasteiger partial charge in [-0.3, -0.25) is 0 Å². The lowest BCUT2D eigenvalue weighted by Gasteiger charge is -2.27. The molecule has 0 aromatic carbocycles. The standard InChI is InChI=1S/C14H25N3O2/c1-4-14(5-2,18-6-3)13-16-12(19-17-13)10-11-8-7-9-15-11/h11,15H,4-10H2,1-3H3. The van der Waals surface area contributed by atoms with Gasteiger partial charge in [0.1, 0.15) is 5.60 Å². The zero-order chi connectivity index (χ0) is 13.7. The molecule has 1 unspecified atom stereocenters. The van der Waals surface area contributed by atoms with Crippen molar-refractivity contribution in [1.29, 1.82) is 0 Å². The van der Waals surface area contributed by atoms with Crippen LogP contribution in [0.1, 0.15) is 58.2 Å². The quantitative estimate of drug-likeness (QED) is 0.822. The normalized spacial score (nSPS) is 20.1. The van der Waals surface area contributed by atoms with Gasteiger partial charge in [0.15, 0.2) is 0 Å². The van der Waals surface area contributed by atoms with Crippen molar-refractivity contribution in [3.8, 4) is 0 Å². The van der Waals surface area contributed by atoms with Gasteiger partial charge in [-0.2, -0.15) is 4.98 Å². The molecule has 19 heavy (non-hydrogen) atoms. The first kappa shape index (κ1) is 14.5. The lowest BCUT2D eigenvalue weighted by atomic mass is 9.96. The summed E-state index contributed by atoms with van der Waals surface area (Å²) in [5.41, 5.74) is -0.389. The van der Waals surface area contributed by atoms with Crippen molar-refractivity contribution >= 4 is 0 Å². The Bertz CT molecular complexity index is 382. The number of rotatable bonds is 7. The van der Waals surface area contributed by atoms with Gasteiger partial charge in [-0.05, 0) is 39.2 Å². The molecule has 1 aromatic rings. The van der Waals surface area contributed by atoms with E-state index in [2.05, 4.69) is 29.3 Å². The van der Waals surface area contributed by atoms with E-state index >= 15 is 0 Å². The van der Waals surface area contributed by atoms with Crippen molar-refractivity contribution < 1.29 is 9.26 Å². The third-order valence-corrected chi connectivity index (χ3v) is 4.02. The van der Waals surface area contributed by atoms with Gasteiger partial charge in [-0.15, -0.1) is 0 Å². The minimum absolute atomic E-state index is 0.389. The molecule has 108 valence electrons. The molecule has 5 heteroatoms. The highest BCUT2D eigenvalue weighted by atomic mass is 16.5. The molecule has 0 radical (unpaired) electrons. The van der Waals surface area contributed by atoms with Crippen LogP contribution in [0.4, 0.5) is 0 Å². The summed E-state index contributed by atoms with van der Waals surface area (Å²) < 4.78 is 11.3. The number of aromatic nitrogens is 2. The fourth-order valence-corrected chi connectivity index (χ4v) is 2.78. The molecule has 2 heterocycles. The first-order valence-corrected chi connectivity index (χ1v) is 7.44. The van der Waals surface area contributed by atoms with Gasteiger partial charge >= 0.3 is 0 Å². The predicted molar refractivity (Wildman–Crippen MR) is 72.9 cm³/mol. The maximum Gasteiger partial charge on any atom is 0.228 e. The number of hydrogen-bond donors (Lipinski definition) is 1. The van der Waals surface area contributed by atoms with Crippen molar-refractivity contribution in [3.63, 3.8) is 0 Å². The summed E-state index contributed by atoms with van der Waals surface area (Å²) in [6.07, 6.45) is 4.97. The smallest absolute Gasteiger partial charge is 0.228 e. The Morgan fingerprint density at radius 2 is 2.16 bits per heavy atom. The molecule has 1 saturated heterocycles. The highest BCUT2D eigenvalue weighted by Crippen LogP contribution is 2.31. The maximum absolute atomic E-state index is 5.90. The van der Waals surface area contributed by atoms with Crippen LogP contribution in [0.15, 0.2) is 4.52 Å². The molecule has 1 aliphatic heterocycles. The number of ether oxygens (including phenoxy) is 1. The van der Waals surface area contributed by atoms with Crippen molar-refractivity contribution in [1.82, 2.24) is 15.5 Å². The van der Waals surface area contributed by atoms with Crippen LogP contribution in [0.5, 0.6) is 0 Å². The van der Waals surface area contributed by atoms with Crippen molar-refractivity contribution in [2.75, 3.05) is 13.2 Å². The van der Waals surface area contributed by atoms with Crippen LogP contribution in [0.2, 0.25) is 0 Å². The fourth-order valence-electron chi connectivity index (χ4n) is 2.78. The first-order chi connectivity index (χ1) is 9.24. The third kappa shape index (κ3) is 3.15. The second kappa shape index (κ2) is 6.48. The van der Waals surface area contributed by atoms with E-state index in [-0.39, 0.29) is 5.60 Å². The molecular formula is C14H25N3O2. The molecule has 0 spiro atoms. The Morgan fingerprint density at radius 3 is 2.74 bits per heavy atom. The molecule has 1 fully saturated rings. The van der Waals surface area contributed by atoms with Crippen LogP contribution in [0, 0.1) is 0 Å². The van der Waals surface area contributed by atoms with Gasteiger partial charge in [0.2, 0.25) is 11.7 Å². The van der Waals surface area contributed by atoms with Crippen LogP contribution in [-0.2, 0) is 16.8 Å². The number of nitrogens with zero attached hydrogens (tertiary/aromatic N) is 2. The summed E-state index contributed by atoms with van der Waals surface area (Å²) in [4.78, 5) is 4.56. The Kier molecular flexibility index (Phi) is 4.93. The molecule has 2 rings (SSSR count). The summed E-state index contributed by atoms with van der Waals surface area (Å²) in [6.45, 7) is 7.97. The molecule has 1 N–H and O–H groups in total. The molecule has 0 aliphatic carbocycles. The topological polar surface area (TPSA) is 60.2 Å². The van der Waals surface area contributed by atoms with Crippen LogP contribution >= 0.6 is 0 Å². The van der Waals surface area contributed by atoms with Gasteiger partial charge in [0.05, 0.1) is 0 Å². The number of hydrogen-bond acceptors (Lipinski definition) is 5. The van der Waals surface area contributed by atoms with E-state index < -0.39 is 0 Å². The average Bonchev–Trinajstić information content (AvgIpc) is 3.09. The highest BCUT2D eigenvalue weighted by Gasteiger charge is 2.34. The lowest BCUT2D eigenvalue weighted by Crippen LogP contribution is -2.30. The molecular weight excluding hydrogens is 242 g/mol. The van der Waals surface area contributed by atoms with Crippen molar-refractivity contribution in [2.45, 2.75) is 64.5 Å². The average molecular weight is 267 g/mol. The SMILES string of the molecule is CCOC(CC)(CC)c1noc(CC2CCCN2)n1. The van der Waals surface area contributed by atoms with Crippen LogP contribution < -0.4 is 5.32 Å². The van der Waals surface area contributed by atoms with Crippen molar-refractivity contribution in [2.24, 2.45) is 0 Å². The van der Waals surface area contributed by atoms with Gasteiger partial charge in [-0.1, -0.05) is 19.0 Å². The van der Waals surface area contributed by atoms with E-state index in [0.717, 1.165) is 31.7 Å². The van der Waals surface area contributed by atoms with Gasteiger partial charge in [0, 0.05) is 19.1 Å². The van der Waals surface area contributed by atoms with E-state index in [9.17, 15) is 0 Å².